The van der Waals surface area contributed by atoms with E-state index in [1.807, 2.05) is 0 Å². The minimum absolute atomic E-state index is 0.00190. The van der Waals surface area contributed by atoms with E-state index in [0.29, 0.717) is 0 Å². The molecule has 0 amide bonds. The van der Waals surface area contributed by atoms with Gasteiger partial charge >= 0.3 is 12.3 Å². The molecular formula is C11H7BrF3NO3. The van der Waals surface area contributed by atoms with E-state index >= 15 is 0 Å². The Balaban J connectivity index is 3.31. The molecule has 19 heavy (non-hydrogen) atoms. The molecule has 1 rings (SSSR count). The largest absolute Gasteiger partial charge is 0.573 e. The maximum atomic E-state index is 12.2. The molecule has 1 aromatic rings. The summed E-state index contributed by atoms with van der Waals surface area (Å²) in [6, 6.07) is 3.55. The summed E-state index contributed by atoms with van der Waals surface area (Å²) < 4.78 is 45.2. The molecule has 0 bridgehead atoms. The Morgan fingerprint density at radius 1 is 1.47 bits per heavy atom. The topological polar surface area (TPSA) is 59.3 Å². The summed E-state index contributed by atoms with van der Waals surface area (Å²) in [5, 5.41) is 8.74. The zero-order chi connectivity index (χ0) is 14.6. The number of esters is 1. The van der Waals surface area contributed by atoms with Crippen molar-refractivity contribution in [2.45, 2.75) is 13.3 Å². The summed E-state index contributed by atoms with van der Waals surface area (Å²) in [7, 11) is 0. The molecule has 0 saturated carbocycles. The number of nitrogens with zero attached hydrogens (tertiary/aromatic N) is 1. The van der Waals surface area contributed by atoms with E-state index in [2.05, 4.69) is 25.4 Å². The zero-order valence-corrected chi connectivity index (χ0v) is 11.1. The lowest BCUT2D eigenvalue weighted by Gasteiger charge is -2.13. The fourth-order valence-electron chi connectivity index (χ4n) is 1.22. The van der Waals surface area contributed by atoms with E-state index < -0.39 is 23.6 Å². The van der Waals surface area contributed by atoms with Crippen molar-refractivity contribution in [1.29, 1.82) is 5.26 Å². The van der Waals surface area contributed by atoms with Crippen LogP contribution in [0.5, 0.6) is 5.75 Å². The van der Waals surface area contributed by atoms with Gasteiger partial charge in [-0.05, 0) is 28.9 Å². The molecule has 0 spiro atoms. The minimum atomic E-state index is -4.97. The number of benzene rings is 1. The summed E-state index contributed by atoms with van der Waals surface area (Å²) in [5.74, 6) is -1.74. The van der Waals surface area contributed by atoms with Crippen molar-refractivity contribution in [2.24, 2.45) is 0 Å². The van der Waals surface area contributed by atoms with Gasteiger partial charge in [-0.1, -0.05) is 0 Å². The average molecular weight is 338 g/mol. The third kappa shape index (κ3) is 4.13. The third-order valence-corrected chi connectivity index (χ3v) is 2.57. The second kappa shape index (κ2) is 5.93. The lowest BCUT2D eigenvalue weighted by molar-refractivity contribution is -0.274. The van der Waals surface area contributed by atoms with E-state index in [1.165, 1.54) is 6.92 Å². The predicted molar refractivity (Wildman–Crippen MR) is 61.5 cm³/mol. The number of carbonyl (C=O) groups excluding carboxylic acids is 1. The summed E-state index contributed by atoms with van der Waals surface area (Å²) in [4.78, 5) is 11.5. The summed E-state index contributed by atoms with van der Waals surface area (Å²) in [6.45, 7) is 1.52. The summed E-state index contributed by atoms with van der Waals surface area (Å²) >= 11 is 2.97. The van der Waals surface area contributed by atoms with E-state index in [1.54, 1.807) is 6.07 Å². The van der Waals surface area contributed by atoms with Crippen molar-refractivity contribution in [2.75, 3.05) is 6.61 Å². The van der Waals surface area contributed by atoms with Gasteiger partial charge in [-0.25, -0.2) is 4.79 Å². The number of hydrogen-bond acceptors (Lipinski definition) is 4. The van der Waals surface area contributed by atoms with Crippen LogP contribution < -0.4 is 4.74 Å². The van der Waals surface area contributed by atoms with Crippen LogP contribution in [0.15, 0.2) is 16.6 Å². The van der Waals surface area contributed by atoms with Crippen LogP contribution in [0.25, 0.3) is 0 Å². The summed E-state index contributed by atoms with van der Waals surface area (Å²) in [5.41, 5.74) is -0.502. The molecule has 0 aromatic heterocycles. The third-order valence-electron chi connectivity index (χ3n) is 1.91. The van der Waals surface area contributed by atoms with Crippen molar-refractivity contribution < 1.29 is 27.4 Å². The van der Waals surface area contributed by atoms with Crippen LogP contribution in [0.3, 0.4) is 0 Å². The molecule has 0 aliphatic heterocycles. The maximum absolute atomic E-state index is 12.2. The van der Waals surface area contributed by atoms with Crippen LogP contribution in [-0.2, 0) is 4.74 Å². The molecule has 0 aliphatic carbocycles. The fraction of sp³-hybridized carbons (Fsp3) is 0.273. The number of halogens is 4. The monoisotopic (exact) mass is 337 g/mol. The molecule has 102 valence electrons. The Labute approximate surface area is 114 Å². The molecule has 0 atom stereocenters. The molecule has 4 nitrogen and oxygen atoms in total. The number of ether oxygens (including phenoxy) is 2. The number of rotatable bonds is 3. The number of nitriles is 1. The minimum Gasteiger partial charge on any atom is -0.462 e. The highest BCUT2D eigenvalue weighted by atomic mass is 79.9. The molecule has 0 unspecified atom stereocenters. The van der Waals surface area contributed by atoms with Gasteiger partial charge in [0.2, 0.25) is 0 Å². The van der Waals surface area contributed by atoms with Gasteiger partial charge < -0.3 is 9.47 Å². The first-order valence-corrected chi connectivity index (χ1v) is 5.74. The van der Waals surface area contributed by atoms with Crippen LogP contribution in [-0.4, -0.2) is 18.9 Å². The lowest BCUT2D eigenvalue weighted by Crippen LogP contribution is -2.20. The predicted octanol–water partition coefficient (Wildman–Crippen LogP) is 3.40. The van der Waals surface area contributed by atoms with Crippen LogP contribution >= 0.6 is 15.9 Å². The number of hydrogen-bond donors (Lipinski definition) is 0. The molecule has 8 heteroatoms. The Morgan fingerprint density at radius 2 is 2.11 bits per heavy atom. The summed E-state index contributed by atoms with van der Waals surface area (Å²) in [6.07, 6.45) is -4.97. The van der Waals surface area contributed by atoms with E-state index in [4.69, 9.17) is 5.26 Å². The maximum Gasteiger partial charge on any atom is 0.573 e. The quantitative estimate of drug-likeness (QED) is 0.793. The van der Waals surface area contributed by atoms with Crippen molar-refractivity contribution in [1.82, 2.24) is 0 Å². The molecular weight excluding hydrogens is 331 g/mol. The number of alkyl halides is 3. The van der Waals surface area contributed by atoms with Gasteiger partial charge in [-0.2, -0.15) is 5.26 Å². The van der Waals surface area contributed by atoms with Crippen LogP contribution in [0.2, 0.25) is 0 Å². The Morgan fingerprint density at radius 3 is 2.58 bits per heavy atom. The van der Waals surface area contributed by atoms with Gasteiger partial charge in [0.1, 0.15) is 17.4 Å². The molecule has 1 aromatic carbocycles. The average Bonchev–Trinajstić information content (AvgIpc) is 2.29. The first-order valence-electron chi connectivity index (χ1n) is 4.95. The normalized spacial score (nSPS) is 10.7. The first kappa shape index (κ1) is 15.3. The molecule has 0 fully saturated rings. The standard InChI is InChI=1S/C11H7BrF3NO3/c1-2-18-10(17)7-4-8(12)6(5-16)3-9(7)19-11(13,14)15/h3-4H,2H2,1H3. The van der Waals surface area contributed by atoms with E-state index in [9.17, 15) is 18.0 Å². The van der Waals surface area contributed by atoms with E-state index in [-0.39, 0.29) is 16.6 Å². The van der Waals surface area contributed by atoms with Crippen molar-refractivity contribution >= 4 is 21.9 Å². The fourth-order valence-corrected chi connectivity index (χ4v) is 1.65. The van der Waals surface area contributed by atoms with Crippen LogP contribution in [0.4, 0.5) is 13.2 Å². The van der Waals surface area contributed by atoms with Crippen LogP contribution in [0.1, 0.15) is 22.8 Å². The van der Waals surface area contributed by atoms with Crippen molar-refractivity contribution in [3.8, 4) is 11.8 Å². The van der Waals surface area contributed by atoms with Gasteiger partial charge in [0.25, 0.3) is 0 Å². The Hall–Kier alpha value is -1.75. The van der Waals surface area contributed by atoms with Gasteiger partial charge in [0.15, 0.2) is 0 Å². The van der Waals surface area contributed by atoms with Crippen molar-refractivity contribution in [3.63, 3.8) is 0 Å². The van der Waals surface area contributed by atoms with Gasteiger partial charge in [-0.3, -0.25) is 0 Å². The van der Waals surface area contributed by atoms with Gasteiger partial charge in [0.05, 0.1) is 12.2 Å². The Kier molecular flexibility index (Phi) is 4.78. The molecule has 0 aliphatic rings. The van der Waals surface area contributed by atoms with Crippen molar-refractivity contribution in [3.05, 3.63) is 27.7 Å². The smallest absolute Gasteiger partial charge is 0.462 e. The highest BCUT2D eigenvalue weighted by Gasteiger charge is 2.33. The van der Waals surface area contributed by atoms with E-state index in [0.717, 1.165) is 12.1 Å². The Bertz CT molecular complexity index is 537. The zero-order valence-electron chi connectivity index (χ0n) is 9.55. The first-order chi connectivity index (χ1) is 8.78. The highest BCUT2D eigenvalue weighted by Crippen LogP contribution is 2.31. The number of carbonyl (C=O) groups is 1. The molecule has 0 N–H and O–H groups in total. The second-order valence-corrected chi connectivity index (χ2v) is 4.06. The van der Waals surface area contributed by atoms with Gasteiger partial charge in [0, 0.05) is 10.5 Å². The lowest BCUT2D eigenvalue weighted by atomic mass is 10.1. The highest BCUT2D eigenvalue weighted by molar-refractivity contribution is 9.10. The SMILES string of the molecule is CCOC(=O)c1cc(Br)c(C#N)cc1OC(F)(F)F. The molecule has 0 heterocycles. The molecule has 0 radical (unpaired) electrons. The second-order valence-electron chi connectivity index (χ2n) is 3.21. The van der Waals surface area contributed by atoms with Gasteiger partial charge in [-0.15, -0.1) is 13.2 Å². The van der Waals surface area contributed by atoms with Crippen LogP contribution in [0, 0.1) is 11.3 Å². The molecule has 0 saturated heterocycles.